The van der Waals surface area contributed by atoms with Crippen molar-refractivity contribution in [3.8, 4) is 0 Å². The zero-order valence-electron chi connectivity index (χ0n) is 12.1. The van der Waals surface area contributed by atoms with Crippen molar-refractivity contribution in [3.05, 3.63) is 30.0 Å². The fourth-order valence-electron chi connectivity index (χ4n) is 2.36. The van der Waals surface area contributed by atoms with Crippen molar-refractivity contribution in [2.24, 2.45) is 0 Å². The molecule has 1 aromatic heterocycles. The van der Waals surface area contributed by atoms with Gasteiger partial charge in [0.15, 0.2) is 0 Å². The third-order valence-electron chi connectivity index (χ3n) is 3.72. The number of carbonyl (C=O) groups is 1. The van der Waals surface area contributed by atoms with E-state index in [9.17, 15) is 4.79 Å². The van der Waals surface area contributed by atoms with Crippen LogP contribution >= 0.6 is 0 Å². The predicted octanol–water partition coefficient (Wildman–Crippen LogP) is 2.86. The van der Waals surface area contributed by atoms with Gasteiger partial charge in [-0.15, -0.1) is 0 Å². The Bertz CT molecular complexity index is 614. The molecule has 19 heavy (non-hydrogen) atoms. The van der Waals surface area contributed by atoms with Crippen molar-refractivity contribution < 1.29 is 9.53 Å². The molecular weight excluding hydrogens is 240 g/mol. The molecule has 0 saturated carbocycles. The highest BCUT2D eigenvalue weighted by Crippen LogP contribution is 2.34. The van der Waals surface area contributed by atoms with Crippen LogP contribution in [0, 0.1) is 6.92 Å². The van der Waals surface area contributed by atoms with Crippen LogP contribution in [0.3, 0.4) is 0 Å². The molecule has 0 unspecified atom stereocenters. The van der Waals surface area contributed by atoms with Crippen LogP contribution in [0.5, 0.6) is 0 Å². The number of likely N-dealkylation sites (N-methyl/N-ethyl adjacent to an activating group) is 1. The summed E-state index contributed by atoms with van der Waals surface area (Å²) in [6.07, 6.45) is 0. The molecule has 0 aliphatic carbocycles. The van der Waals surface area contributed by atoms with Gasteiger partial charge in [-0.1, -0.05) is 18.2 Å². The Hall–Kier alpha value is -1.97. The number of aromatic nitrogens is 1. The van der Waals surface area contributed by atoms with Crippen molar-refractivity contribution in [2.75, 3.05) is 19.1 Å². The van der Waals surface area contributed by atoms with Gasteiger partial charge >= 0.3 is 5.97 Å². The molecule has 1 heterocycles. The van der Waals surface area contributed by atoms with Crippen LogP contribution in [-0.4, -0.2) is 30.6 Å². The normalized spacial score (nSPS) is 11.6. The number of fused-ring (bicyclic) bond motifs is 1. The number of aromatic amines is 1. The number of esters is 1. The maximum atomic E-state index is 11.9. The lowest BCUT2D eigenvalue weighted by molar-refractivity contribution is -0.145. The first-order chi connectivity index (χ1) is 8.89. The van der Waals surface area contributed by atoms with E-state index in [1.807, 2.05) is 50.9 Å². The molecule has 4 nitrogen and oxygen atoms in total. The number of hydrogen-bond donors (Lipinski definition) is 1. The zero-order chi connectivity index (χ0) is 14.2. The van der Waals surface area contributed by atoms with E-state index in [1.54, 1.807) is 0 Å². The highest BCUT2D eigenvalue weighted by Gasteiger charge is 2.35. The standard InChI is InChI=1S/C15H20N2O2/c1-10-13(11-8-6-7-9-12(11)16-10)17(4)15(2,3)14(18)19-5/h6-9,16H,1-5H3. The molecule has 0 atom stereocenters. The Labute approximate surface area is 113 Å². The molecule has 0 bridgehead atoms. The minimum atomic E-state index is -0.718. The number of methoxy groups -OCH3 is 1. The second-order valence-electron chi connectivity index (χ2n) is 5.25. The van der Waals surface area contributed by atoms with E-state index in [0.717, 1.165) is 22.3 Å². The summed E-state index contributed by atoms with van der Waals surface area (Å²) in [6.45, 7) is 5.74. The lowest BCUT2D eigenvalue weighted by Crippen LogP contribution is -2.49. The van der Waals surface area contributed by atoms with Gasteiger partial charge in [0, 0.05) is 23.6 Å². The number of H-pyrrole nitrogens is 1. The molecule has 0 aliphatic rings. The first-order valence-electron chi connectivity index (χ1n) is 6.29. The average molecular weight is 260 g/mol. The summed E-state index contributed by atoms with van der Waals surface area (Å²) in [6, 6.07) is 8.08. The summed E-state index contributed by atoms with van der Waals surface area (Å²) in [4.78, 5) is 17.3. The number of para-hydroxylation sites is 1. The van der Waals surface area contributed by atoms with Crippen LogP contribution in [0.2, 0.25) is 0 Å². The van der Waals surface area contributed by atoms with Crippen LogP contribution in [0.4, 0.5) is 5.69 Å². The van der Waals surface area contributed by atoms with Gasteiger partial charge in [0.1, 0.15) is 5.54 Å². The number of aryl methyl sites for hydroxylation is 1. The Morgan fingerprint density at radius 1 is 1.32 bits per heavy atom. The fraction of sp³-hybridized carbons (Fsp3) is 0.400. The predicted molar refractivity (Wildman–Crippen MR) is 77.5 cm³/mol. The smallest absolute Gasteiger partial charge is 0.331 e. The first kappa shape index (κ1) is 13.5. The highest BCUT2D eigenvalue weighted by atomic mass is 16.5. The van der Waals surface area contributed by atoms with Crippen molar-refractivity contribution in [1.29, 1.82) is 0 Å². The summed E-state index contributed by atoms with van der Waals surface area (Å²) < 4.78 is 4.90. The van der Waals surface area contributed by atoms with Gasteiger partial charge in [0.2, 0.25) is 0 Å². The van der Waals surface area contributed by atoms with E-state index in [4.69, 9.17) is 4.74 Å². The van der Waals surface area contributed by atoms with Gasteiger partial charge in [-0.25, -0.2) is 4.79 Å². The molecule has 102 valence electrons. The summed E-state index contributed by atoms with van der Waals surface area (Å²) in [5.74, 6) is -0.250. The van der Waals surface area contributed by atoms with Gasteiger partial charge < -0.3 is 14.6 Å². The number of nitrogens with zero attached hydrogens (tertiary/aromatic N) is 1. The molecule has 0 aliphatic heterocycles. The van der Waals surface area contributed by atoms with Crippen LogP contribution in [0.1, 0.15) is 19.5 Å². The molecule has 0 saturated heterocycles. The van der Waals surface area contributed by atoms with Gasteiger partial charge in [0.05, 0.1) is 12.8 Å². The quantitative estimate of drug-likeness (QED) is 0.863. The van der Waals surface area contributed by atoms with Gasteiger partial charge in [-0.2, -0.15) is 0 Å². The Morgan fingerprint density at radius 2 is 1.95 bits per heavy atom. The van der Waals surface area contributed by atoms with E-state index >= 15 is 0 Å². The summed E-state index contributed by atoms with van der Waals surface area (Å²) >= 11 is 0. The number of benzene rings is 1. The largest absolute Gasteiger partial charge is 0.467 e. The van der Waals surface area contributed by atoms with Crippen LogP contribution in [0.15, 0.2) is 24.3 Å². The Kier molecular flexibility index (Phi) is 3.27. The minimum Gasteiger partial charge on any atom is -0.467 e. The molecule has 1 aromatic carbocycles. The number of rotatable bonds is 3. The minimum absolute atomic E-state index is 0.250. The third-order valence-corrected chi connectivity index (χ3v) is 3.72. The lowest BCUT2D eigenvalue weighted by atomic mass is 10.0. The van der Waals surface area contributed by atoms with E-state index in [-0.39, 0.29) is 5.97 Å². The third kappa shape index (κ3) is 2.07. The van der Waals surface area contributed by atoms with Gasteiger partial charge in [-0.3, -0.25) is 0 Å². The molecule has 1 N–H and O–H groups in total. The number of nitrogens with one attached hydrogen (secondary N) is 1. The maximum Gasteiger partial charge on any atom is 0.331 e. The van der Waals surface area contributed by atoms with Gasteiger partial charge in [-0.05, 0) is 26.8 Å². The number of carbonyl (C=O) groups excluding carboxylic acids is 1. The number of anilines is 1. The molecule has 2 aromatic rings. The maximum absolute atomic E-state index is 11.9. The molecule has 0 fully saturated rings. The number of hydrogen-bond acceptors (Lipinski definition) is 3. The van der Waals surface area contributed by atoms with E-state index in [1.165, 1.54) is 7.11 Å². The van der Waals surface area contributed by atoms with Crippen molar-refractivity contribution in [1.82, 2.24) is 4.98 Å². The molecule has 0 amide bonds. The van der Waals surface area contributed by atoms with Crippen LogP contribution < -0.4 is 4.90 Å². The summed E-state index contributed by atoms with van der Waals surface area (Å²) in [5, 5.41) is 1.11. The Morgan fingerprint density at radius 3 is 2.58 bits per heavy atom. The van der Waals surface area contributed by atoms with Crippen LogP contribution in [0.25, 0.3) is 10.9 Å². The summed E-state index contributed by atoms with van der Waals surface area (Å²) in [5.41, 5.74) is 2.43. The van der Waals surface area contributed by atoms with E-state index in [2.05, 4.69) is 11.1 Å². The van der Waals surface area contributed by atoms with Crippen molar-refractivity contribution >= 4 is 22.6 Å². The summed E-state index contributed by atoms with van der Waals surface area (Å²) in [7, 11) is 3.33. The average Bonchev–Trinajstić information content (AvgIpc) is 2.72. The zero-order valence-corrected chi connectivity index (χ0v) is 12.1. The number of ether oxygens (including phenoxy) is 1. The van der Waals surface area contributed by atoms with Gasteiger partial charge in [0.25, 0.3) is 0 Å². The topological polar surface area (TPSA) is 45.3 Å². The molecule has 4 heteroatoms. The highest BCUT2D eigenvalue weighted by molar-refractivity contribution is 5.97. The SMILES string of the molecule is COC(=O)C(C)(C)N(C)c1c(C)[nH]c2ccccc12. The lowest BCUT2D eigenvalue weighted by Gasteiger charge is -2.34. The fourth-order valence-corrected chi connectivity index (χ4v) is 2.36. The first-order valence-corrected chi connectivity index (χ1v) is 6.29. The molecule has 0 radical (unpaired) electrons. The van der Waals surface area contributed by atoms with Crippen molar-refractivity contribution in [2.45, 2.75) is 26.3 Å². The van der Waals surface area contributed by atoms with Crippen LogP contribution in [-0.2, 0) is 9.53 Å². The second-order valence-corrected chi connectivity index (χ2v) is 5.25. The Balaban J connectivity index is 2.55. The molecular formula is C15H20N2O2. The van der Waals surface area contributed by atoms with Crippen molar-refractivity contribution in [3.63, 3.8) is 0 Å². The molecule has 2 rings (SSSR count). The van der Waals surface area contributed by atoms with E-state index in [0.29, 0.717) is 0 Å². The monoisotopic (exact) mass is 260 g/mol. The molecule has 0 spiro atoms. The second kappa shape index (κ2) is 4.61. The van der Waals surface area contributed by atoms with E-state index < -0.39 is 5.54 Å².